The minimum atomic E-state index is -0.611. The first-order valence-corrected chi connectivity index (χ1v) is 5.68. The number of tetrazole rings is 1. The first kappa shape index (κ1) is 13.9. The Morgan fingerprint density at radius 3 is 2.95 bits per heavy atom. The highest BCUT2D eigenvalue weighted by atomic mass is 35.5. The molecule has 0 aliphatic rings. The van der Waals surface area contributed by atoms with Crippen LogP contribution in [0, 0.1) is 10.1 Å². The van der Waals surface area contributed by atoms with E-state index in [1.165, 1.54) is 30.0 Å². The van der Waals surface area contributed by atoms with Crippen molar-refractivity contribution in [1.82, 2.24) is 20.2 Å². The number of benzene rings is 1. The molecule has 0 amide bonds. The topological polar surface area (TPSA) is 113 Å². The number of nitrogens with zero attached hydrogens (tertiary/aromatic N) is 5. The number of nitro benzene ring substituents is 1. The van der Waals surface area contributed by atoms with Gasteiger partial charge in [0.15, 0.2) is 5.82 Å². The molecule has 0 aliphatic carbocycles. The van der Waals surface area contributed by atoms with Crippen LogP contribution in [0.25, 0.3) is 11.4 Å². The average Bonchev–Trinajstić information content (AvgIpc) is 2.87. The molecule has 1 aromatic heterocycles. The summed E-state index contributed by atoms with van der Waals surface area (Å²) in [6.45, 7) is -0.199. The van der Waals surface area contributed by atoms with Crippen molar-refractivity contribution in [3.05, 3.63) is 33.3 Å². The fourth-order valence-corrected chi connectivity index (χ4v) is 1.68. The molecule has 0 atom stereocenters. The van der Waals surface area contributed by atoms with Crippen LogP contribution in [0.4, 0.5) is 5.69 Å². The molecule has 0 fully saturated rings. The van der Waals surface area contributed by atoms with Gasteiger partial charge in [0.2, 0.25) is 0 Å². The average molecular weight is 298 g/mol. The van der Waals surface area contributed by atoms with E-state index in [1.54, 1.807) is 0 Å². The minimum absolute atomic E-state index is 0.00532. The number of ether oxygens (including phenoxy) is 1. The molecular weight excluding hydrogens is 290 g/mol. The number of rotatable bonds is 4. The first-order valence-electron chi connectivity index (χ1n) is 5.30. The van der Waals surface area contributed by atoms with Gasteiger partial charge in [-0.05, 0) is 22.6 Å². The Hall–Kier alpha value is -2.55. The number of halogens is 1. The van der Waals surface area contributed by atoms with Gasteiger partial charge in [-0.15, -0.1) is 5.10 Å². The minimum Gasteiger partial charge on any atom is -0.468 e. The maximum Gasteiger partial charge on any atom is 0.327 e. The standard InChI is InChI=1S/C10H8ClN5O4/c1-20-9(17)5-15-10(12-13-14-15)6-2-3-7(11)8(4-6)16(18)19/h2-4H,5H2,1H3. The van der Waals surface area contributed by atoms with Gasteiger partial charge in [-0.1, -0.05) is 11.6 Å². The Balaban J connectivity index is 2.42. The van der Waals surface area contributed by atoms with E-state index in [2.05, 4.69) is 20.3 Å². The smallest absolute Gasteiger partial charge is 0.327 e. The molecule has 0 bridgehead atoms. The number of carbonyl (C=O) groups excluding carboxylic acids is 1. The summed E-state index contributed by atoms with van der Waals surface area (Å²) in [5.41, 5.74) is 0.104. The zero-order valence-corrected chi connectivity index (χ0v) is 10.9. The molecule has 1 aromatic carbocycles. The Kier molecular flexibility index (Phi) is 3.89. The van der Waals surface area contributed by atoms with Gasteiger partial charge in [0.05, 0.1) is 12.0 Å². The monoisotopic (exact) mass is 297 g/mol. The zero-order chi connectivity index (χ0) is 14.7. The molecule has 0 aliphatic heterocycles. The predicted octanol–water partition coefficient (Wildman–Crippen LogP) is 1.07. The summed E-state index contributed by atoms with van der Waals surface area (Å²) in [5.74, 6) is -0.336. The summed E-state index contributed by atoms with van der Waals surface area (Å²) in [5, 5.41) is 21.6. The Bertz CT molecular complexity index is 671. The summed E-state index contributed by atoms with van der Waals surface area (Å²) < 4.78 is 5.69. The molecule has 2 aromatic rings. The van der Waals surface area contributed by atoms with E-state index in [-0.39, 0.29) is 23.1 Å². The number of esters is 1. The Morgan fingerprint density at radius 1 is 1.55 bits per heavy atom. The molecule has 2 rings (SSSR count). The molecule has 0 radical (unpaired) electrons. The van der Waals surface area contributed by atoms with E-state index in [0.29, 0.717) is 5.56 Å². The van der Waals surface area contributed by atoms with Crippen molar-refractivity contribution < 1.29 is 14.5 Å². The van der Waals surface area contributed by atoms with Gasteiger partial charge in [-0.25, -0.2) is 4.68 Å². The Labute approximate surface area is 117 Å². The van der Waals surface area contributed by atoms with E-state index in [0.717, 1.165) is 0 Å². The summed E-state index contributed by atoms with van der Waals surface area (Å²) in [6.07, 6.45) is 0. The molecule has 0 spiro atoms. The quantitative estimate of drug-likeness (QED) is 0.471. The van der Waals surface area contributed by atoms with Gasteiger partial charge in [0.25, 0.3) is 5.69 Å². The molecule has 104 valence electrons. The van der Waals surface area contributed by atoms with E-state index < -0.39 is 10.9 Å². The highest BCUT2D eigenvalue weighted by Crippen LogP contribution is 2.29. The van der Waals surface area contributed by atoms with Crippen molar-refractivity contribution in [2.24, 2.45) is 0 Å². The van der Waals surface area contributed by atoms with Crippen LogP contribution in [0.2, 0.25) is 5.02 Å². The summed E-state index contributed by atoms with van der Waals surface area (Å²) in [6, 6.07) is 4.13. The predicted molar refractivity (Wildman–Crippen MR) is 66.9 cm³/mol. The maximum absolute atomic E-state index is 11.2. The maximum atomic E-state index is 11.2. The van der Waals surface area contributed by atoms with Crippen LogP contribution in [0.1, 0.15) is 0 Å². The van der Waals surface area contributed by atoms with E-state index in [9.17, 15) is 14.9 Å². The van der Waals surface area contributed by atoms with Crippen molar-refractivity contribution in [3.8, 4) is 11.4 Å². The van der Waals surface area contributed by atoms with Crippen LogP contribution in [0.5, 0.6) is 0 Å². The molecule has 9 nitrogen and oxygen atoms in total. The highest BCUT2D eigenvalue weighted by Gasteiger charge is 2.18. The number of hydrogen-bond acceptors (Lipinski definition) is 7. The largest absolute Gasteiger partial charge is 0.468 e. The summed E-state index contributed by atoms with van der Waals surface area (Å²) in [4.78, 5) is 21.5. The fourth-order valence-electron chi connectivity index (χ4n) is 1.50. The molecule has 0 saturated carbocycles. The van der Waals surface area contributed by atoms with Crippen LogP contribution in [0.3, 0.4) is 0 Å². The van der Waals surface area contributed by atoms with E-state index in [4.69, 9.17) is 11.6 Å². The number of carbonyl (C=O) groups is 1. The number of methoxy groups -OCH3 is 1. The van der Waals surface area contributed by atoms with Crippen LogP contribution < -0.4 is 0 Å². The number of aromatic nitrogens is 4. The van der Waals surface area contributed by atoms with Crippen LogP contribution >= 0.6 is 11.6 Å². The van der Waals surface area contributed by atoms with Crippen LogP contribution in [-0.2, 0) is 16.1 Å². The molecular formula is C10H8ClN5O4. The zero-order valence-electron chi connectivity index (χ0n) is 10.2. The molecule has 0 N–H and O–H groups in total. The van der Waals surface area contributed by atoms with Crippen LogP contribution in [-0.4, -0.2) is 38.2 Å². The van der Waals surface area contributed by atoms with Gasteiger partial charge in [0, 0.05) is 11.6 Å². The second kappa shape index (κ2) is 5.61. The molecule has 20 heavy (non-hydrogen) atoms. The van der Waals surface area contributed by atoms with Gasteiger partial charge >= 0.3 is 5.97 Å². The summed E-state index contributed by atoms with van der Waals surface area (Å²) >= 11 is 5.72. The molecule has 0 unspecified atom stereocenters. The normalized spacial score (nSPS) is 10.3. The number of nitro groups is 1. The van der Waals surface area contributed by atoms with Crippen molar-refractivity contribution >= 4 is 23.3 Å². The van der Waals surface area contributed by atoms with Crippen molar-refractivity contribution in [2.75, 3.05) is 7.11 Å². The van der Waals surface area contributed by atoms with E-state index in [1.807, 2.05) is 0 Å². The van der Waals surface area contributed by atoms with Crippen LogP contribution in [0.15, 0.2) is 18.2 Å². The third-order valence-corrected chi connectivity index (χ3v) is 2.76. The second-order valence-corrected chi connectivity index (χ2v) is 4.07. The third-order valence-electron chi connectivity index (χ3n) is 2.44. The fraction of sp³-hybridized carbons (Fsp3) is 0.200. The highest BCUT2D eigenvalue weighted by molar-refractivity contribution is 6.32. The second-order valence-electron chi connectivity index (χ2n) is 3.66. The number of hydrogen-bond donors (Lipinski definition) is 0. The van der Waals surface area contributed by atoms with Crippen molar-refractivity contribution in [1.29, 1.82) is 0 Å². The molecule has 0 saturated heterocycles. The Morgan fingerprint density at radius 2 is 2.30 bits per heavy atom. The van der Waals surface area contributed by atoms with Crippen molar-refractivity contribution in [2.45, 2.75) is 6.54 Å². The lowest BCUT2D eigenvalue weighted by Gasteiger charge is -2.03. The molecule has 1 heterocycles. The van der Waals surface area contributed by atoms with Gasteiger partial charge in [0.1, 0.15) is 11.6 Å². The van der Waals surface area contributed by atoms with E-state index >= 15 is 0 Å². The lowest BCUT2D eigenvalue weighted by Crippen LogP contribution is -2.14. The SMILES string of the molecule is COC(=O)Cn1nnnc1-c1ccc(Cl)c([N+](=O)[O-])c1. The lowest BCUT2D eigenvalue weighted by molar-refractivity contribution is -0.384. The summed E-state index contributed by atoms with van der Waals surface area (Å²) in [7, 11) is 1.24. The molecule has 10 heteroatoms. The van der Waals surface area contributed by atoms with Gasteiger partial charge < -0.3 is 4.74 Å². The van der Waals surface area contributed by atoms with Crippen molar-refractivity contribution in [3.63, 3.8) is 0 Å². The third kappa shape index (κ3) is 2.72. The van der Waals surface area contributed by atoms with Gasteiger partial charge in [-0.3, -0.25) is 14.9 Å². The first-order chi connectivity index (χ1) is 9.52. The van der Waals surface area contributed by atoms with Gasteiger partial charge in [-0.2, -0.15) is 0 Å². The lowest BCUT2D eigenvalue weighted by atomic mass is 10.2.